The fraction of sp³-hybridized carbons (Fsp3) is 0.538. The first-order valence-electron chi connectivity index (χ1n) is 6.54. The van der Waals surface area contributed by atoms with Gasteiger partial charge in [0.05, 0.1) is 10.5 Å². The SMILES string of the molecule is O=S(=O)(NC1CCCC1CO)c1ccc(C(F)(F)F)cc1. The summed E-state index contributed by atoms with van der Waals surface area (Å²) in [5, 5.41) is 9.17. The van der Waals surface area contributed by atoms with Crippen LogP contribution in [0.1, 0.15) is 24.8 Å². The van der Waals surface area contributed by atoms with Crippen molar-refractivity contribution in [2.45, 2.75) is 36.4 Å². The summed E-state index contributed by atoms with van der Waals surface area (Å²) >= 11 is 0. The molecule has 2 unspecified atom stereocenters. The van der Waals surface area contributed by atoms with Crippen molar-refractivity contribution in [1.82, 2.24) is 4.72 Å². The summed E-state index contributed by atoms with van der Waals surface area (Å²) in [6.07, 6.45) is -2.34. The van der Waals surface area contributed by atoms with Crippen molar-refractivity contribution in [3.05, 3.63) is 29.8 Å². The monoisotopic (exact) mass is 323 g/mol. The zero-order chi connectivity index (χ0) is 15.7. The lowest BCUT2D eigenvalue weighted by Crippen LogP contribution is -2.38. The number of aliphatic hydroxyl groups is 1. The Morgan fingerprint density at radius 1 is 1.19 bits per heavy atom. The van der Waals surface area contributed by atoms with Crippen molar-refractivity contribution in [1.29, 1.82) is 0 Å². The van der Waals surface area contributed by atoms with E-state index >= 15 is 0 Å². The van der Waals surface area contributed by atoms with E-state index < -0.39 is 21.8 Å². The molecule has 0 aromatic heterocycles. The van der Waals surface area contributed by atoms with E-state index in [0.29, 0.717) is 6.42 Å². The third-order valence-electron chi connectivity index (χ3n) is 3.69. The second kappa shape index (κ2) is 5.94. The van der Waals surface area contributed by atoms with Crippen molar-refractivity contribution in [2.24, 2.45) is 5.92 Å². The first kappa shape index (κ1) is 16.3. The molecule has 8 heteroatoms. The summed E-state index contributed by atoms with van der Waals surface area (Å²) in [4.78, 5) is -0.209. The van der Waals surface area contributed by atoms with Crippen molar-refractivity contribution < 1.29 is 26.7 Å². The topological polar surface area (TPSA) is 66.4 Å². The molecule has 1 aromatic carbocycles. The third-order valence-corrected chi connectivity index (χ3v) is 5.20. The van der Waals surface area contributed by atoms with Gasteiger partial charge in [-0.25, -0.2) is 13.1 Å². The van der Waals surface area contributed by atoms with E-state index in [1.165, 1.54) is 0 Å². The van der Waals surface area contributed by atoms with Gasteiger partial charge < -0.3 is 5.11 Å². The Morgan fingerprint density at radius 2 is 1.81 bits per heavy atom. The van der Waals surface area contributed by atoms with E-state index in [2.05, 4.69) is 4.72 Å². The Labute approximate surface area is 121 Å². The van der Waals surface area contributed by atoms with Crippen LogP contribution in [0, 0.1) is 5.92 Å². The zero-order valence-electron chi connectivity index (χ0n) is 11.1. The van der Waals surface area contributed by atoms with Crippen molar-refractivity contribution in [2.75, 3.05) is 6.61 Å². The van der Waals surface area contributed by atoms with Gasteiger partial charge in [-0.2, -0.15) is 13.2 Å². The Hall–Kier alpha value is -1.12. The first-order valence-corrected chi connectivity index (χ1v) is 8.03. The smallest absolute Gasteiger partial charge is 0.396 e. The predicted molar refractivity (Wildman–Crippen MR) is 70.0 cm³/mol. The van der Waals surface area contributed by atoms with Crippen LogP contribution in [-0.2, 0) is 16.2 Å². The molecule has 2 atom stereocenters. The average Bonchev–Trinajstić information content (AvgIpc) is 2.84. The highest BCUT2D eigenvalue weighted by atomic mass is 32.2. The maximum atomic E-state index is 12.4. The molecule has 1 aromatic rings. The van der Waals surface area contributed by atoms with Gasteiger partial charge in [0, 0.05) is 12.6 Å². The van der Waals surface area contributed by atoms with Crippen LogP contribution < -0.4 is 4.72 Å². The molecule has 0 saturated heterocycles. The normalized spacial score (nSPS) is 23.4. The van der Waals surface area contributed by atoms with Crippen LogP contribution in [0.3, 0.4) is 0 Å². The van der Waals surface area contributed by atoms with Crippen molar-refractivity contribution in [3.8, 4) is 0 Å². The fourth-order valence-corrected chi connectivity index (χ4v) is 3.84. The van der Waals surface area contributed by atoms with Gasteiger partial charge in [0.1, 0.15) is 0 Å². The number of rotatable bonds is 4. The highest BCUT2D eigenvalue weighted by Gasteiger charge is 2.32. The van der Waals surface area contributed by atoms with Crippen LogP contribution in [0.15, 0.2) is 29.2 Å². The van der Waals surface area contributed by atoms with E-state index in [-0.39, 0.29) is 23.5 Å². The van der Waals surface area contributed by atoms with Gasteiger partial charge in [0.2, 0.25) is 10.0 Å². The first-order chi connectivity index (χ1) is 9.74. The Balaban J connectivity index is 2.16. The van der Waals surface area contributed by atoms with Gasteiger partial charge in [-0.3, -0.25) is 0 Å². The number of aliphatic hydroxyl groups excluding tert-OH is 1. The molecule has 0 amide bonds. The molecular formula is C13H16F3NO3S. The summed E-state index contributed by atoms with van der Waals surface area (Å²) in [6.45, 7) is -0.111. The molecule has 1 saturated carbocycles. The van der Waals surface area contributed by atoms with Crippen LogP contribution >= 0.6 is 0 Å². The number of nitrogens with one attached hydrogen (secondary N) is 1. The summed E-state index contributed by atoms with van der Waals surface area (Å²) in [5.41, 5.74) is -0.893. The summed E-state index contributed by atoms with van der Waals surface area (Å²) in [6, 6.07) is 2.99. The largest absolute Gasteiger partial charge is 0.416 e. The fourth-order valence-electron chi connectivity index (χ4n) is 2.50. The van der Waals surface area contributed by atoms with E-state index in [9.17, 15) is 21.6 Å². The molecule has 4 nitrogen and oxygen atoms in total. The number of hydrogen-bond donors (Lipinski definition) is 2. The van der Waals surface area contributed by atoms with E-state index in [1.54, 1.807) is 0 Å². The minimum atomic E-state index is -4.50. The van der Waals surface area contributed by atoms with Gasteiger partial charge in [-0.15, -0.1) is 0 Å². The average molecular weight is 323 g/mol. The number of benzene rings is 1. The van der Waals surface area contributed by atoms with E-state index in [4.69, 9.17) is 5.11 Å². The molecular weight excluding hydrogens is 307 g/mol. The molecule has 0 spiro atoms. The van der Waals surface area contributed by atoms with Crippen LogP contribution in [0.4, 0.5) is 13.2 Å². The van der Waals surface area contributed by atoms with Gasteiger partial charge in [-0.05, 0) is 43.0 Å². The zero-order valence-corrected chi connectivity index (χ0v) is 11.9. The number of sulfonamides is 1. The number of halogens is 3. The molecule has 1 aliphatic carbocycles. The predicted octanol–water partition coefficient (Wildman–Crippen LogP) is 2.14. The minimum Gasteiger partial charge on any atom is -0.396 e. The number of hydrogen-bond acceptors (Lipinski definition) is 3. The van der Waals surface area contributed by atoms with Crippen LogP contribution in [0.25, 0.3) is 0 Å². The maximum absolute atomic E-state index is 12.4. The summed E-state index contributed by atoms with van der Waals surface area (Å²) < 4.78 is 64.1. The Bertz CT molecular complexity index is 584. The summed E-state index contributed by atoms with van der Waals surface area (Å²) in [7, 11) is -3.88. The van der Waals surface area contributed by atoms with Gasteiger partial charge in [-0.1, -0.05) is 6.42 Å². The minimum absolute atomic E-state index is 0.111. The van der Waals surface area contributed by atoms with Crippen molar-refractivity contribution >= 4 is 10.0 Å². The van der Waals surface area contributed by atoms with E-state index in [1.807, 2.05) is 0 Å². The third kappa shape index (κ3) is 3.75. The highest BCUT2D eigenvalue weighted by Crippen LogP contribution is 2.30. The second-order valence-corrected chi connectivity index (χ2v) is 6.84. The highest BCUT2D eigenvalue weighted by molar-refractivity contribution is 7.89. The van der Waals surface area contributed by atoms with Crippen LogP contribution in [0.5, 0.6) is 0 Å². The lowest BCUT2D eigenvalue weighted by atomic mass is 10.1. The summed E-state index contributed by atoms with van der Waals surface area (Å²) in [5.74, 6) is -0.144. The Kier molecular flexibility index (Phi) is 4.60. The number of alkyl halides is 3. The van der Waals surface area contributed by atoms with Crippen LogP contribution in [0.2, 0.25) is 0 Å². The quantitative estimate of drug-likeness (QED) is 0.892. The molecule has 1 aliphatic rings. The molecule has 21 heavy (non-hydrogen) atoms. The molecule has 0 bridgehead atoms. The molecule has 0 radical (unpaired) electrons. The maximum Gasteiger partial charge on any atom is 0.416 e. The van der Waals surface area contributed by atoms with Gasteiger partial charge >= 0.3 is 6.18 Å². The van der Waals surface area contributed by atoms with E-state index in [0.717, 1.165) is 37.1 Å². The second-order valence-electron chi connectivity index (χ2n) is 5.12. The molecule has 118 valence electrons. The standard InChI is InChI=1S/C13H16F3NO3S/c14-13(15,16)10-4-6-11(7-5-10)21(19,20)17-12-3-1-2-9(12)8-18/h4-7,9,12,17-18H,1-3,8H2. The molecule has 2 rings (SSSR count). The molecule has 0 heterocycles. The lowest BCUT2D eigenvalue weighted by Gasteiger charge is -2.19. The molecule has 1 fully saturated rings. The Morgan fingerprint density at radius 3 is 2.33 bits per heavy atom. The lowest BCUT2D eigenvalue weighted by molar-refractivity contribution is -0.137. The molecule has 2 N–H and O–H groups in total. The van der Waals surface area contributed by atoms with Gasteiger partial charge in [0.25, 0.3) is 0 Å². The molecule has 0 aliphatic heterocycles. The van der Waals surface area contributed by atoms with Crippen molar-refractivity contribution in [3.63, 3.8) is 0 Å². The van der Waals surface area contributed by atoms with Crippen LogP contribution in [-0.4, -0.2) is 26.2 Å². The van der Waals surface area contributed by atoms with Gasteiger partial charge in [0.15, 0.2) is 0 Å².